The first-order valence-electron chi connectivity index (χ1n) is 6.73. The third kappa shape index (κ3) is 3.72. The lowest BCUT2D eigenvalue weighted by molar-refractivity contribution is -0.137. The van der Waals surface area contributed by atoms with Crippen LogP contribution in [0.4, 0.5) is 13.2 Å². The van der Waals surface area contributed by atoms with Gasteiger partial charge >= 0.3 is 23.8 Å². The summed E-state index contributed by atoms with van der Waals surface area (Å²) in [4.78, 5) is 0. The van der Waals surface area contributed by atoms with E-state index < -0.39 is 29.3 Å². The Kier molecular flexibility index (Phi) is 7.13. The van der Waals surface area contributed by atoms with E-state index in [1.54, 1.807) is 0 Å². The van der Waals surface area contributed by atoms with Crippen LogP contribution in [0.2, 0.25) is 0 Å². The normalized spacial score (nSPS) is 13.4. The van der Waals surface area contributed by atoms with Crippen molar-refractivity contribution in [2.45, 2.75) is 6.18 Å². The van der Waals surface area contributed by atoms with Gasteiger partial charge in [0.05, 0.1) is 5.56 Å². The van der Waals surface area contributed by atoms with E-state index in [2.05, 4.69) is 0 Å². The van der Waals surface area contributed by atoms with Crippen LogP contribution in [-0.2, 0) is 32.7 Å². The Morgan fingerprint density at radius 2 is 1.12 bits per heavy atom. The SMILES string of the molecule is CO[Si](OC)(OC)c1ccc([Si](OC)(OC)OC)c(C(F)(F)F)c1. The van der Waals surface area contributed by atoms with Gasteiger partial charge in [-0.15, -0.1) is 0 Å². The second-order valence-corrected chi connectivity index (χ2v) is 10.4. The lowest BCUT2D eigenvalue weighted by Crippen LogP contribution is -2.59. The molecule has 0 bridgehead atoms. The third-order valence-corrected chi connectivity index (χ3v) is 8.96. The maximum Gasteiger partial charge on any atom is 0.537 e. The van der Waals surface area contributed by atoms with E-state index in [1.165, 1.54) is 54.8 Å². The first kappa shape index (κ1) is 21.2. The summed E-state index contributed by atoms with van der Waals surface area (Å²) in [5, 5.41) is -0.0326. The van der Waals surface area contributed by atoms with Gasteiger partial charge in [-0.3, -0.25) is 0 Å². The predicted octanol–water partition coefficient (Wildman–Crippen LogP) is 0.876. The number of hydrogen-bond donors (Lipinski definition) is 0. The van der Waals surface area contributed by atoms with Crippen LogP contribution < -0.4 is 10.4 Å². The van der Waals surface area contributed by atoms with E-state index in [4.69, 9.17) is 26.6 Å². The number of rotatable bonds is 8. The van der Waals surface area contributed by atoms with Gasteiger partial charge in [-0.1, -0.05) is 12.1 Å². The van der Waals surface area contributed by atoms with Crippen molar-refractivity contribution in [3.63, 3.8) is 0 Å². The molecule has 0 amide bonds. The highest BCUT2D eigenvalue weighted by atomic mass is 28.4. The fraction of sp³-hybridized carbons (Fsp3) is 0.538. The highest BCUT2D eigenvalue weighted by Crippen LogP contribution is 2.30. The molecule has 0 radical (unpaired) electrons. The van der Waals surface area contributed by atoms with Gasteiger partial charge in [0.2, 0.25) is 0 Å². The van der Waals surface area contributed by atoms with E-state index in [1.807, 2.05) is 0 Å². The number of benzene rings is 1. The molecule has 0 aliphatic heterocycles. The summed E-state index contributed by atoms with van der Waals surface area (Å²) in [7, 11) is 0.570. The molecule has 0 spiro atoms. The second-order valence-electron chi connectivity index (χ2n) is 4.60. The number of hydrogen-bond acceptors (Lipinski definition) is 6. The van der Waals surface area contributed by atoms with Gasteiger partial charge in [-0.25, -0.2) is 0 Å². The van der Waals surface area contributed by atoms with Crippen molar-refractivity contribution < 1.29 is 39.7 Å². The minimum Gasteiger partial charge on any atom is -0.373 e. The molecule has 0 fully saturated rings. The van der Waals surface area contributed by atoms with Crippen LogP contribution in [-0.4, -0.2) is 60.3 Å². The molecule has 1 rings (SSSR count). The van der Waals surface area contributed by atoms with Crippen LogP contribution in [0.5, 0.6) is 0 Å². The standard InChI is InChI=1S/C13H21F3O6Si2/c1-17-23(18-2,19-3)10-7-8-12(11(9-10)13(14,15)16)24(20-4,21-5)22-6/h7-9H,1-6H3. The highest BCUT2D eigenvalue weighted by molar-refractivity contribution is 6.77. The molecule has 0 saturated heterocycles. The summed E-state index contributed by atoms with van der Waals surface area (Å²) in [6, 6.07) is 3.61. The summed E-state index contributed by atoms with van der Waals surface area (Å²) >= 11 is 0. The van der Waals surface area contributed by atoms with E-state index in [9.17, 15) is 13.2 Å². The van der Waals surface area contributed by atoms with Crippen LogP contribution in [0.25, 0.3) is 0 Å². The summed E-state index contributed by atoms with van der Waals surface area (Å²) in [5.41, 5.74) is -0.944. The molecule has 24 heavy (non-hydrogen) atoms. The monoisotopic (exact) mass is 386 g/mol. The van der Waals surface area contributed by atoms with Gasteiger partial charge < -0.3 is 26.6 Å². The zero-order chi connectivity index (χ0) is 18.6. The largest absolute Gasteiger partial charge is 0.537 e. The van der Waals surface area contributed by atoms with Gasteiger partial charge in [0.15, 0.2) is 0 Å². The molecule has 0 aliphatic carbocycles. The quantitative estimate of drug-likeness (QED) is 0.618. The van der Waals surface area contributed by atoms with Crippen molar-refractivity contribution >= 4 is 28.0 Å². The maximum atomic E-state index is 13.6. The topological polar surface area (TPSA) is 55.4 Å². The van der Waals surface area contributed by atoms with Crippen molar-refractivity contribution in [3.8, 4) is 0 Å². The maximum absolute atomic E-state index is 13.6. The van der Waals surface area contributed by atoms with Crippen LogP contribution in [0.15, 0.2) is 18.2 Å². The molecule has 6 nitrogen and oxygen atoms in total. The second kappa shape index (κ2) is 8.06. The van der Waals surface area contributed by atoms with Gasteiger partial charge in [0.25, 0.3) is 0 Å². The fourth-order valence-electron chi connectivity index (χ4n) is 2.42. The molecule has 138 valence electrons. The van der Waals surface area contributed by atoms with Gasteiger partial charge in [0, 0.05) is 53.0 Å². The molecule has 0 heterocycles. The molecule has 1 aromatic carbocycles. The van der Waals surface area contributed by atoms with Crippen molar-refractivity contribution in [3.05, 3.63) is 23.8 Å². The van der Waals surface area contributed by atoms with Crippen LogP contribution >= 0.6 is 0 Å². The summed E-state index contributed by atoms with van der Waals surface area (Å²) in [6.45, 7) is 0. The Hall–Kier alpha value is -0.796. The number of alkyl halides is 3. The minimum atomic E-state index is -4.66. The van der Waals surface area contributed by atoms with Crippen LogP contribution in [0.3, 0.4) is 0 Å². The average Bonchev–Trinajstić information content (AvgIpc) is 2.59. The van der Waals surface area contributed by atoms with E-state index in [0.717, 1.165) is 6.07 Å². The van der Waals surface area contributed by atoms with Crippen molar-refractivity contribution in [1.82, 2.24) is 0 Å². The van der Waals surface area contributed by atoms with E-state index in [-0.39, 0.29) is 10.4 Å². The number of halogens is 3. The van der Waals surface area contributed by atoms with Crippen LogP contribution in [0, 0.1) is 0 Å². The summed E-state index contributed by atoms with van der Waals surface area (Å²) in [6.07, 6.45) is -4.66. The van der Waals surface area contributed by atoms with E-state index >= 15 is 0 Å². The van der Waals surface area contributed by atoms with Crippen molar-refractivity contribution in [2.24, 2.45) is 0 Å². The summed E-state index contributed by atoms with van der Waals surface area (Å²) < 4.78 is 72.1. The molecule has 0 aromatic heterocycles. The van der Waals surface area contributed by atoms with Gasteiger partial charge in [-0.2, -0.15) is 13.2 Å². The van der Waals surface area contributed by atoms with E-state index in [0.29, 0.717) is 0 Å². The van der Waals surface area contributed by atoms with Crippen molar-refractivity contribution in [2.75, 3.05) is 42.7 Å². The molecule has 1 aromatic rings. The van der Waals surface area contributed by atoms with Gasteiger partial charge in [-0.05, 0) is 6.07 Å². The van der Waals surface area contributed by atoms with Crippen molar-refractivity contribution in [1.29, 1.82) is 0 Å². The molecule has 11 heteroatoms. The molecule has 0 aliphatic rings. The Balaban J connectivity index is 3.67. The first-order chi connectivity index (χ1) is 11.2. The molecule has 0 unspecified atom stereocenters. The lowest BCUT2D eigenvalue weighted by atomic mass is 10.2. The zero-order valence-electron chi connectivity index (χ0n) is 14.3. The Morgan fingerprint density at radius 1 is 0.708 bits per heavy atom. The average molecular weight is 386 g/mol. The predicted molar refractivity (Wildman–Crippen MR) is 84.3 cm³/mol. The van der Waals surface area contributed by atoms with Crippen LogP contribution in [0.1, 0.15) is 5.56 Å². The fourth-order valence-corrected chi connectivity index (χ4v) is 6.23. The molecule has 0 saturated carbocycles. The molecular weight excluding hydrogens is 365 g/mol. The zero-order valence-corrected chi connectivity index (χ0v) is 16.3. The highest BCUT2D eigenvalue weighted by Gasteiger charge is 2.50. The Bertz CT molecular complexity index is 530. The van der Waals surface area contributed by atoms with Gasteiger partial charge in [0.1, 0.15) is 0 Å². The third-order valence-electron chi connectivity index (χ3n) is 3.62. The molecule has 0 atom stereocenters. The Labute approximate surface area is 141 Å². The Morgan fingerprint density at radius 3 is 1.46 bits per heavy atom. The smallest absolute Gasteiger partial charge is 0.373 e. The lowest BCUT2D eigenvalue weighted by Gasteiger charge is -2.29. The minimum absolute atomic E-state index is 0.164. The summed E-state index contributed by atoms with van der Waals surface area (Å²) in [5.74, 6) is 0. The first-order valence-corrected chi connectivity index (χ1v) is 10.2. The molecular formula is C13H21F3O6Si2. The molecule has 0 N–H and O–H groups in total.